The summed E-state index contributed by atoms with van der Waals surface area (Å²) in [5.41, 5.74) is -4.49. The zero-order chi connectivity index (χ0) is 23.3. The minimum absolute atomic E-state index is 0.0341. The molecule has 0 amide bonds. The van der Waals surface area contributed by atoms with E-state index in [9.17, 15) is 48.3 Å². The van der Waals surface area contributed by atoms with E-state index in [4.69, 9.17) is 0 Å². The van der Waals surface area contributed by atoms with Crippen LogP contribution in [-0.4, -0.2) is 6.71 Å². The Morgan fingerprint density at radius 3 is 1.52 bits per heavy atom. The maximum atomic E-state index is 14.0. The van der Waals surface area contributed by atoms with Gasteiger partial charge in [-0.2, -0.15) is 26.3 Å². The fraction of sp³-hybridized carbons (Fsp3) is 0.263. The van der Waals surface area contributed by atoms with Crippen LogP contribution in [0.3, 0.4) is 0 Å². The van der Waals surface area contributed by atoms with Crippen molar-refractivity contribution in [1.82, 2.24) is 0 Å². The van der Waals surface area contributed by atoms with Gasteiger partial charge in [-0.05, 0) is 12.5 Å². The Balaban J connectivity index is 2.00. The summed E-state index contributed by atoms with van der Waals surface area (Å²) in [6, 6.07) is 1.03. The third-order valence-electron chi connectivity index (χ3n) is 5.02. The molecule has 3 rings (SSSR count). The molecule has 0 aliphatic carbocycles. The van der Waals surface area contributed by atoms with E-state index in [0.717, 1.165) is 12.1 Å². The van der Waals surface area contributed by atoms with Crippen LogP contribution < -0.4 is 5.46 Å². The molecule has 0 N–H and O–H groups in total. The van der Waals surface area contributed by atoms with Crippen LogP contribution in [0.15, 0.2) is 30.3 Å². The molecule has 0 aromatic heterocycles. The minimum Gasteiger partial charge on any atom is -0.203 e. The molecule has 0 saturated carbocycles. The summed E-state index contributed by atoms with van der Waals surface area (Å²) in [7, 11) is 0. The first-order valence-corrected chi connectivity index (χ1v) is 8.70. The fourth-order valence-electron chi connectivity index (χ4n) is 3.48. The molecule has 31 heavy (non-hydrogen) atoms. The SMILES string of the molecule is Fc1c(F)c(F)c(C2C=CB(c3cc(C(F)(F)F)cc(C(F)(F)F)c3)CC2)c(F)c1F. The molecule has 2 aromatic rings. The summed E-state index contributed by atoms with van der Waals surface area (Å²) < 4.78 is 146. The maximum Gasteiger partial charge on any atom is 0.416 e. The van der Waals surface area contributed by atoms with Crippen molar-refractivity contribution in [1.29, 1.82) is 0 Å². The average molecular weight is 458 g/mol. The Bertz CT molecular complexity index is 975. The summed E-state index contributed by atoms with van der Waals surface area (Å²) in [4.78, 5) is 0. The largest absolute Gasteiger partial charge is 0.416 e. The van der Waals surface area contributed by atoms with Gasteiger partial charge in [-0.3, -0.25) is 0 Å². The van der Waals surface area contributed by atoms with Crippen LogP contribution in [0.25, 0.3) is 0 Å². The Hall–Kier alpha value is -2.53. The third-order valence-corrected chi connectivity index (χ3v) is 5.02. The van der Waals surface area contributed by atoms with E-state index in [1.807, 2.05) is 0 Å². The first kappa shape index (κ1) is 23.1. The minimum atomic E-state index is -5.05. The second-order valence-electron chi connectivity index (χ2n) is 7.00. The molecule has 2 aromatic carbocycles. The molecule has 166 valence electrons. The van der Waals surface area contributed by atoms with Crippen LogP contribution in [0.1, 0.15) is 29.0 Å². The first-order chi connectivity index (χ1) is 14.2. The predicted molar refractivity (Wildman–Crippen MR) is 89.4 cm³/mol. The molecule has 1 unspecified atom stereocenters. The zero-order valence-corrected chi connectivity index (χ0v) is 15.1. The zero-order valence-electron chi connectivity index (χ0n) is 15.1. The van der Waals surface area contributed by atoms with Crippen molar-refractivity contribution in [3.05, 3.63) is 76.0 Å². The van der Waals surface area contributed by atoms with Gasteiger partial charge in [0.1, 0.15) is 0 Å². The summed E-state index contributed by atoms with van der Waals surface area (Å²) in [6.07, 6.45) is -9.53. The van der Waals surface area contributed by atoms with Crippen LogP contribution >= 0.6 is 0 Å². The average Bonchev–Trinajstić information content (AvgIpc) is 2.70. The second-order valence-corrected chi connectivity index (χ2v) is 7.00. The standard InChI is InChI=1S/C19H10BF11/c21-13-12(14(22)16(24)17(25)15(13)23)8-1-3-20(4-2-8)11-6-9(18(26,27)28)5-10(7-11)19(29,30)31/h1,3,5-8H,2,4H2. The highest BCUT2D eigenvalue weighted by atomic mass is 19.4. The number of hydrogen-bond acceptors (Lipinski definition) is 0. The maximum absolute atomic E-state index is 14.0. The van der Waals surface area contributed by atoms with Crippen molar-refractivity contribution in [2.45, 2.75) is 31.0 Å². The Morgan fingerprint density at radius 2 is 1.13 bits per heavy atom. The van der Waals surface area contributed by atoms with Crippen molar-refractivity contribution in [2.24, 2.45) is 0 Å². The molecule has 0 bridgehead atoms. The molecule has 1 heterocycles. The summed E-state index contributed by atoms with van der Waals surface area (Å²) in [5, 5.41) is 0. The van der Waals surface area contributed by atoms with E-state index < -0.39 is 70.8 Å². The number of allylic oxidation sites excluding steroid dienone is 1. The molecule has 1 aliphatic rings. The molecule has 0 nitrogen and oxygen atoms in total. The lowest BCUT2D eigenvalue weighted by Crippen LogP contribution is -2.33. The predicted octanol–water partition coefficient (Wildman–Crippen LogP) is 6.40. The normalized spacial score (nSPS) is 17.4. The number of benzene rings is 2. The number of halogens is 11. The third kappa shape index (κ3) is 4.43. The second kappa shape index (κ2) is 7.87. The summed E-state index contributed by atoms with van der Waals surface area (Å²) in [6.45, 7) is -0.985. The molecular formula is C19H10BF11. The highest BCUT2D eigenvalue weighted by Crippen LogP contribution is 2.37. The van der Waals surface area contributed by atoms with Gasteiger partial charge < -0.3 is 0 Å². The van der Waals surface area contributed by atoms with Crippen LogP contribution in [0.4, 0.5) is 48.3 Å². The van der Waals surface area contributed by atoms with Gasteiger partial charge in [-0.25, -0.2) is 22.0 Å². The molecule has 0 spiro atoms. The van der Waals surface area contributed by atoms with E-state index in [0.29, 0.717) is 12.1 Å². The molecule has 12 heteroatoms. The molecule has 1 aliphatic heterocycles. The Morgan fingerprint density at radius 1 is 0.677 bits per heavy atom. The van der Waals surface area contributed by atoms with E-state index in [2.05, 4.69) is 0 Å². The van der Waals surface area contributed by atoms with Gasteiger partial charge >= 0.3 is 12.4 Å². The lowest BCUT2D eigenvalue weighted by atomic mass is 9.39. The van der Waals surface area contributed by atoms with Crippen LogP contribution in [0.2, 0.25) is 6.32 Å². The van der Waals surface area contributed by atoms with Crippen molar-refractivity contribution in [3.63, 3.8) is 0 Å². The molecule has 0 saturated heterocycles. The molecule has 0 fully saturated rings. The van der Waals surface area contributed by atoms with E-state index in [-0.39, 0.29) is 24.3 Å². The number of rotatable bonds is 2. The summed E-state index contributed by atoms with van der Waals surface area (Å²) in [5.74, 6) is -10.9. The van der Waals surface area contributed by atoms with Crippen molar-refractivity contribution >= 4 is 12.2 Å². The van der Waals surface area contributed by atoms with Crippen LogP contribution in [-0.2, 0) is 12.4 Å². The van der Waals surface area contributed by atoms with Crippen LogP contribution in [0, 0.1) is 29.1 Å². The van der Waals surface area contributed by atoms with Gasteiger partial charge in [-0.1, -0.05) is 30.0 Å². The monoisotopic (exact) mass is 458 g/mol. The van der Waals surface area contributed by atoms with Gasteiger partial charge in [0.15, 0.2) is 23.3 Å². The van der Waals surface area contributed by atoms with Crippen molar-refractivity contribution in [2.75, 3.05) is 0 Å². The van der Waals surface area contributed by atoms with E-state index in [1.165, 1.54) is 0 Å². The quantitative estimate of drug-likeness (QED) is 0.212. The number of hydrogen-bond donors (Lipinski definition) is 0. The fourth-order valence-corrected chi connectivity index (χ4v) is 3.48. The highest BCUT2D eigenvalue weighted by Gasteiger charge is 2.38. The molecular weight excluding hydrogens is 448 g/mol. The topological polar surface area (TPSA) is 0 Å². The van der Waals surface area contributed by atoms with Crippen molar-refractivity contribution < 1.29 is 48.3 Å². The van der Waals surface area contributed by atoms with Crippen molar-refractivity contribution in [3.8, 4) is 0 Å². The lowest BCUT2D eigenvalue weighted by Gasteiger charge is -2.24. The van der Waals surface area contributed by atoms with Gasteiger partial charge in [0.05, 0.1) is 11.1 Å². The summed E-state index contributed by atoms with van der Waals surface area (Å²) >= 11 is 0. The first-order valence-electron chi connectivity index (χ1n) is 8.70. The lowest BCUT2D eigenvalue weighted by molar-refractivity contribution is -0.142. The van der Waals surface area contributed by atoms with Gasteiger partial charge in [-0.15, -0.1) is 5.98 Å². The van der Waals surface area contributed by atoms with E-state index >= 15 is 0 Å². The highest BCUT2D eigenvalue weighted by molar-refractivity contribution is 6.78. The Labute approximate surface area is 168 Å². The molecule has 1 atom stereocenters. The van der Waals surface area contributed by atoms with Crippen LogP contribution in [0.5, 0.6) is 0 Å². The molecule has 0 radical (unpaired) electrons. The Kier molecular flexibility index (Phi) is 5.87. The van der Waals surface area contributed by atoms with E-state index in [1.54, 1.807) is 0 Å². The van der Waals surface area contributed by atoms with Gasteiger partial charge in [0, 0.05) is 11.5 Å². The van der Waals surface area contributed by atoms with Gasteiger partial charge in [0.2, 0.25) is 12.5 Å². The smallest absolute Gasteiger partial charge is 0.203 e. The van der Waals surface area contributed by atoms with Gasteiger partial charge in [0.25, 0.3) is 0 Å². The number of alkyl halides is 6.